The number of piperidine rings is 1. The first kappa shape index (κ1) is 17.6. The van der Waals surface area contributed by atoms with E-state index in [1.807, 2.05) is 12.3 Å². The van der Waals surface area contributed by atoms with Crippen LogP contribution in [0.5, 0.6) is 0 Å². The molecule has 1 aliphatic carbocycles. The van der Waals surface area contributed by atoms with E-state index in [2.05, 4.69) is 35.9 Å². The summed E-state index contributed by atoms with van der Waals surface area (Å²) in [6.45, 7) is 5.97. The fraction of sp³-hybridized carbons (Fsp3) is 0.619. The van der Waals surface area contributed by atoms with Gasteiger partial charge in [-0.05, 0) is 62.6 Å². The minimum absolute atomic E-state index is 0.889. The first-order valence-electron chi connectivity index (χ1n) is 10.8. The molecule has 0 spiro atoms. The van der Waals surface area contributed by atoms with Crippen LogP contribution in [-0.2, 0) is 12.8 Å². The first-order valence-corrected chi connectivity index (χ1v) is 10.8. The molecule has 0 bridgehead atoms. The number of fused-ring (bicyclic) bond motifs is 1. The molecule has 0 N–H and O–H groups in total. The number of nitrogens with zero attached hydrogens (tertiary/aromatic N) is 7. The lowest BCUT2D eigenvalue weighted by molar-refractivity contribution is 0.567. The first-order chi connectivity index (χ1) is 13.9. The van der Waals surface area contributed by atoms with Crippen molar-refractivity contribution in [2.24, 2.45) is 0 Å². The monoisotopic (exact) mass is 379 g/mol. The Bertz CT molecular complexity index is 810. The summed E-state index contributed by atoms with van der Waals surface area (Å²) in [6.07, 6.45) is 10.5. The predicted molar refractivity (Wildman–Crippen MR) is 111 cm³/mol. The van der Waals surface area contributed by atoms with E-state index in [0.717, 1.165) is 69.7 Å². The van der Waals surface area contributed by atoms with Crippen LogP contribution in [0.4, 0.5) is 17.6 Å². The number of hydrogen-bond donors (Lipinski definition) is 0. The Labute approximate surface area is 166 Å². The summed E-state index contributed by atoms with van der Waals surface area (Å²) < 4.78 is 0. The smallest absolute Gasteiger partial charge is 0.227 e. The summed E-state index contributed by atoms with van der Waals surface area (Å²) in [4.78, 5) is 16.5. The molecule has 0 unspecified atom stereocenters. The van der Waals surface area contributed by atoms with Crippen molar-refractivity contribution in [3.05, 3.63) is 29.6 Å². The second kappa shape index (κ2) is 7.89. The Morgan fingerprint density at radius 3 is 2.25 bits per heavy atom. The van der Waals surface area contributed by atoms with Crippen molar-refractivity contribution < 1.29 is 0 Å². The summed E-state index contributed by atoms with van der Waals surface area (Å²) in [5, 5.41) is 9.02. The molecule has 3 aliphatic rings. The molecule has 0 radical (unpaired) electrons. The number of piperazine rings is 1. The van der Waals surface area contributed by atoms with E-state index in [0.29, 0.717) is 0 Å². The summed E-state index contributed by atoms with van der Waals surface area (Å²) in [5.41, 5.74) is 2.61. The molecule has 148 valence electrons. The van der Waals surface area contributed by atoms with Crippen molar-refractivity contribution in [2.75, 3.05) is 54.0 Å². The summed E-state index contributed by atoms with van der Waals surface area (Å²) in [6, 6.07) is 4.32. The van der Waals surface area contributed by atoms with Crippen molar-refractivity contribution in [2.45, 2.75) is 44.9 Å². The van der Waals surface area contributed by atoms with Crippen molar-refractivity contribution in [1.29, 1.82) is 0 Å². The van der Waals surface area contributed by atoms with Crippen LogP contribution < -0.4 is 14.7 Å². The number of aromatic nitrogens is 4. The van der Waals surface area contributed by atoms with Crippen molar-refractivity contribution >= 4 is 17.6 Å². The Hall–Kier alpha value is -2.44. The molecule has 28 heavy (non-hydrogen) atoms. The van der Waals surface area contributed by atoms with Gasteiger partial charge >= 0.3 is 0 Å². The number of hydrogen-bond acceptors (Lipinski definition) is 7. The van der Waals surface area contributed by atoms with E-state index in [4.69, 9.17) is 4.98 Å². The molecule has 0 saturated carbocycles. The lowest BCUT2D eigenvalue weighted by Crippen LogP contribution is -2.47. The zero-order valence-electron chi connectivity index (χ0n) is 16.6. The van der Waals surface area contributed by atoms with Gasteiger partial charge in [0.15, 0.2) is 5.82 Å². The number of rotatable bonds is 3. The van der Waals surface area contributed by atoms with E-state index in [1.165, 1.54) is 43.4 Å². The predicted octanol–water partition coefficient (Wildman–Crippen LogP) is 2.46. The average molecular weight is 380 g/mol. The van der Waals surface area contributed by atoms with E-state index in [1.54, 1.807) is 0 Å². The Balaban J connectivity index is 1.25. The normalized spacial score (nSPS) is 20.2. The summed E-state index contributed by atoms with van der Waals surface area (Å²) >= 11 is 0. The molecule has 0 amide bonds. The molecular formula is C21H29N7. The standard InChI is InChI=1S/C21H29N7/c1-4-10-28(11-5-1)21-22-9-8-19(23-21)26-12-14-27(15-13-26)20-16-17-6-2-3-7-18(17)24-25-20/h8-9,16H,1-7,10-15H2. The molecular weight excluding hydrogens is 350 g/mol. The number of anilines is 3. The molecule has 4 heterocycles. The molecule has 7 heteroatoms. The second-order valence-corrected chi connectivity index (χ2v) is 8.12. The van der Waals surface area contributed by atoms with Crippen LogP contribution in [-0.4, -0.2) is 59.4 Å². The van der Waals surface area contributed by atoms with Crippen LogP contribution in [0.3, 0.4) is 0 Å². The van der Waals surface area contributed by atoms with Gasteiger partial charge in [-0.15, -0.1) is 5.10 Å². The second-order valence-electron chi connectivity index (χ2n) is 8.12. The van der Waals surface area contributed by atoms with Gasteiger partial charge in [-0.1, -0.05) is 0 Å². The van der Waals surface area contributed by atoms with Crippen LogP contribution in [0, 0.1) is 0 Å². The zero-order valence-corrected chi connectivity index (χ0v) is 16.6. The largest absolute Gasteiger partial charge is 0.353 e. The van der Waals surface area contributed by atoms with Gasteiger partial charge in [0, 0.05) is 45.5 Å². The third kappa shape index (κ3) is 3.62. The lowest BCUT2D eigenvalue weighted by atomic mass is 9.97. The molecule has 7 nitrogen and oxygen atoms in total. The van der Waals surface area contributed by atoms with Crippen LogP contribution in [0.2, 0.25) is 0 Å². The summed E-state index contributed by atoms with van der Waals surface area (Å²) in [7, 11) is 0. The highest BCUT2D eigenvalue weighted by atomic mass is 15.3. The molecule has 0 aromatic carbocycles. The lowest BCUT2D eigenvalue weighted by Gasteiger charge is -2.36. The topological polar surface area (TPSA) is 61.3 Å². The highest BCUT2D eigenvalue weighted by Crippen LogP contribution is 2.24. The van der Waals surface area contributed by atoms with Crippen LogP contribution in [0.25, 0.3) is 0 Å². The Morgan fingerprint density at radius 1 is 0.679 bits per heavy atom. The van der Waals surface area contributed by atoms with Gasteiger partial charge in [0.25, 0.3) is 0 Å². The molecule has 5 rings (SSSR count). The van der Waals surface area contributed by atoms with Crippen LogP contribution >= 0.6 is 0 Å². The molecule has 0 atom stereocenters. The van der Waals surface area contributed by atoms with Crippen LogP contribution in [0.15, 0.2) is 18.3 Å². The van der Waals surface area contributed by atoms with E-state index < -0.39 is 0 Å². The van der Waals surface area contributed by atoms with Crippen molar-refractivity contribution in [1.82, 2.24) is 20.2 Å². The fourth-order valence-electron chi connectivity index (χ4n) is 4.56. The molecule has 2 fully saturated rings. The highest BCUT2D eigenvalue weighted by Gasteiger charge is 2.22. The maximum atomic E-state index is 4.87. The van der Waals surface area contributed by atoms with Gasteiger partial charge < -0.3 is 14.7 Å². The van der Waals surface area contributed by atoms with E-state index >= 15 is 0 Å². The quantitative estimate of drug-likeness (QED) is 0.812. The minimum Gasteiger partial charge on any atom is -0.353 e. The van der Waals surface area contributed by atoms with E-state index in [9.17, 15) is 0 Å². The number of aryl methyl sites for hydroxylation is 2. The van der Waals surface area contributed by atoms with Crippen LogP contribution in [0.1, 0.15) is 43.4 Å². The highest BCUT2D eigenvalue weighted by molar-refractivity contribution is 5.48. The minimum atomic E-state index is 0.889. The zero-order chi connectivity index (χ0) is 18.8. The van der Waals surface area contributed by atoms with Gasteiger partial charge in [0.05, 0.1) is 5.69 Å². The Kier molecular flexibility index (Phi) is 4.97. The van der Waals surface area contributed by atoms with Crippen molar-refractivity contribution in [3.63, 3.8) is 0 Å². The molecule has 2 aromatic heterocycles. The molecule has 2 saturated heterocycles. The van der Waals surface area contributed by atoms with Gasteiger partial charge in [-0.2, -0.15) is 10.1 Å². The third-order valence-electron chi connectivity index (χ3n) is 6.25. The maximum absolute atomic E-state index is 4.87. The van der Waals surface area contributed by atoms with Gasteiger partial charge in [0.1, 0.15) is 5.82 Å². The Morgan fingerprint density at radius 2 is 1.43 bits per heavy atom. The van der Waals surface area contributed by atoms with Crippen molar-refractivity contribution in [3.8, 4) is 0 Å². The third-order valence-corrected chi connectivity index (χ3v) is 6.25. The fourth-order valence-corrected chi connectivity index (χ4v) is 4.56. The summed E-state index contributed by atoms with van der Waals surface area (Å²) in [5.74, 6) is 2.98. The van der Waals surface area contributed by atoms with Gasteiger partial charge in [-0.3, -0.25) is 0 Å². The average Bonchev–Trinajstić information content (AvgIpc) is 2.79. The maximum Gasteiger partial charge on any atom is 0.227 e. The van der Waals surface area contributed by atoms with Gasteiger partial charge in [-0.25, -0.2) is 4.98 Å². The molecule has 2 aromatic rings. The molecule has 2 aliphatic heterocycles. The van der Waals surface area contributed by atoms with Gasteiger partial charge in [0.2, 0.25) is 5.95 Å². The van der Waals surface area contributed by atoms with E-state index in [-0.39, 0.29) is 0 Å². The SMILES string of the molecule is c1cc(N2CCN(c3cc4c(nn3)CCCC4)CC2)nc(N2CCCCC2)n1.